The smallest absolute Gasteiger partial charge is 0.338 e. The molecule has 0 fully saturated rings. The van der Waals surface area contributed by atoms with Crippen LogP contribution in [-0.2, 0) is 4.74 Å². The molecule has 1 aromatic rings. The number of unbranched alkanes of at least 4 members (excludes halogenated alkanes) is 3. The highest BCUT2D eigenvalue weighted by atomic mass is 16.5. The Morgan fingerprint density at radius 2 is 1.70 bits per heavy atom. The lowest BCUT2D eigenvalue weighted by Gasteiger charge is -2.11. The van der Waals surface area contributed by atoms with E-state index >= 15 is 0 Å². The Morgan fingerprint density at radius 3 is 2.20 bits per heavy atom. The summed E-state index contributed by atoms with van der Waals surface area (Å²) in [4.78, 5) is 11.9. The second-order valence-electron chi connectivity index (χ2n) is 4.43. The fourth-order valence-electron chi connectivity index (χ4n) is 1.79. The van der Waals surface area contributed by atoms with Gasteiger partial charge < -0.3 is 19.3 Å². The summed E-state index contributed by atoms with van der Waals surface area (Å²) in [7, 11) is 2.82. The summed E-state index contributed by atoms with van der Waals surface area (Å²) in [6.07, 6.45) is 4.18. The molecule has 0 aliphatic rings. The zero-order valence-corrected chi connectivity index (χ0v) is 12.3. The van der Waals surface area contributed by atoms with Gasteiger partial charge in [-0.15, -0.1) is 0 Å². The maximum absolute atomic E-state index is 11.9. The SMILES string of the molecule is CCCCCCOC(=O)c1cc(OC)c(O)c(OC)c1. The van der Waals surface area contributed by atoms with Crippen LogP contribution in [0.5, 0.6) is 17.2 Å². The van der Waals surface area contributed by atoms with Crippen LogP contribution < -0.4 is 9.47 Å². The van der Waals surface area contributed by atoms with Crippen LogP contribution in [0.4, 0.5) is 0 Å². The number of carbonyl (C=O) groups is 1. The first-order valence-electron chi connectivity index (χ1n) is 6.76. The van der Waals surface area contributed by atoms with Crippen LogP contribution in [0.2, 0.25) is 0 Å². The number of esters is 1. The van der Waals surface area contributed by atoms with Gasteiger partial charge in [0, 0.05) is 0 Å². The quantitative estimate of drug-likeness (QED) is 0.586. The van der Waals surface area contributed by atoms with E-state index in [0.29, 0.717) is 12.2 Å². The molecule has 112 valence electrons. The van der Waals surface area contributed by atoms with Gasteiger partial charge in [-0.3, -0.25) is 0 Å². The molecule has 0 bridgehead atoms. The predicted molar refractivity (Wildman–Crippen MR) is 75.6 cm³/mol. The second-order valence-corrected chi connectivity index (χ2v) is 4.43. The van der Waals surface area contributed by atoms with Gasteiger partial charge in [0.25, 0.3) is 0 Å². The third-order valence-electron chi connectivity index (χ3n) is 2.95. The molecular formula is C15H22O5. The molecule has 0 aliphatic heterocycles. The molecule has 0 amide bonds. The Hall–Kier alpha value is -1.91. The summed E-state index contributed by atoms with van der Waals surface area (Å²) in [6, 6.07) is 2.87. The van der Waals surface area contributed by atoms with Crippen molar-refractivity contribution in [2.75, 3.05) is 20.8 Å². The summed E-state index contributed by atoms with van der Waals surface area (Å²) in [6.45, 7) is 2.52. The van der Waals surface area contributed by atoms with Gasteiger partial charge in [0.15, 0.2) is 11.5 Å². The van der Waals surface area contributed by atoms with Gasteiger partial charge in [-0.25, -0.2) is 4.79 Å². The van der Waals surface area contributed by atoms with Gasteiger partial charge in [0.1, 0.15) is 0 Å². The minimum Gasteiger partial charge on any atom is -0.502 e. The van der Waals surface area contributed by atoms with Crippen LogP contribution >= 0.6 is 0 Å². The van der Waals surface area contributed by atoms with E-state index in [1.165, 1.54) is 26.4 Å². The molecule has 0 saturated heterocycles. The number of aromatic hydroxyl groups is 1. The van der Waals surface area contributed by atoms with E-state index in [9.17, 15) is 9.90 Å². The van der Waals surface area contributed by atoms with Gasteiger partial charge in [0.05, 0.1) is 26.4 Å². The van der Waals surface area contributed by atoms with E-state index < -0.39 is 5.97 Å². The molecule has 0 heterocycles. The minimum atomic E-state index is -0.446. The third kappa shape index (κ3) is 4.33. The number of rotatable bonds is 8. The number of carbonyl (C=O) groups excluding carboxylic acids is 1. The van der Waals surface area contributed by atoms with E-state index in [0.717, 1.165) is 25.7 Å². The first-order valence-corrected chi connectivity index (χ1v) is 6.76. The first-order chi connectivity index (χ1) is 9.63. The average Bonchev–Trinajstić information content (AvgIpc) is 2.47. The van der Waals surface area contributed by atoms with Crippen molar-refractivity contribution in [3.05, 3.63) is 17.7 Å². The summed E-state index contributed by atoms with van der Waals surface area (Å²) in [5.41, 5.74) is 0.298. The topological polar surface area (TPSA) is 65.0 Å². The van der Waals surface area contributed by atoms with Gasteiger partial charge in [-0.1, -0.05) is 26.2 Å². The number of ether oxygens (including phenoxy) is 3. The van der Waals surface area contributed by atoms with Gasteiger partial charge in [0.2, 0.25) is 5.75 Å². The van der Waals surface area contributed by atoms with Crippen LogP contribution in [0.3, 0.4) is 0 Å². The molecule has 0 radical (unpaired) electrons. The second kappa shape index (κ2) is 8.30. The number of benzene rings is 1. The molecular weight excluding hydrogens is 260 g/mol. The third-order valence-corrected chi connectivity index (χ3v) is 2.95. The van der Waals surface area contributed by atoms with E-state index in [1.807, 2.05) is 0 Å². The number of phenolic OH excluding ortho intramolecular Hbond substituents is 1. The normalized spacial score (nSPS) is 10.2. The van der Waals surface area contributed by atoms with Crippen molar-refractivity contribution in [1.29, 1.82) is 0 Å². The van der Waals surface area contributed by atoms with E-state index in [-0.39, 0.29) is 17.2 Å². The van der Waals surface area contributed by atoms with E-state index in [2.05, 4.69) is 6.92 Å². The minimum absolute atomic E-state index is 0.130. The standard InChI is InChI=1S/C15H22O5/c1-4-5-6-7-8-20-15(17)11-9-12(18-2)14(16)13(10-11)19-3/h9-10,16H,4-8H2,1-3H3. The fourth-order valence-corrected chi connectivity index (χ4v) is 1.79. The average molecular weight is 282 g/mol. The monoisotopic (exact) mass is 282 g/mol. The zero-order valence-electron chi connectivity index (χ0n) is 12.3. The predicted octanol–water partition coefficient (Wildman–Crippen LogP) is 3.15. The molecule has 0 atom stereocenters. The van der Waals surface area contributed by atoms with E-state index in [1.54, 1.807) is 0 Å². The Kier molecular flexibility index (Phi) is 6.70. The molecule has 0 aromatic heterocycles. The molecule has 0 saturated carbocycles. The van der Waals surface area contributed by atoms with Crippen molar-refractivity contribution in [1.82, 2.24) is 0 Å². The highest BCUT2D eigenvalue weighted by molar-refractivity contribution is 5.91. The Balaban J connectivity index is 2.68. The molecule has 0 unspecified atom stereocenters. The maximum Gasteiger partial charge on any atom is 0.338 e. The van der Waals surface area contributed by atoms with Crippen molar-refractivity contribution in [3.8, 4) is 17.2 Å². The highest BCUT2D eigenvalue weighted by Gasteiger charge is 2.16. The van der Waals surface area contributed by atoms with E-state index in [4.69, 9.17) is 14.2 Å². The summed E-state index contributed by atoms with van der Waals surface area (Å²) in [5.74, 6) is -0.211. The molecule has 1 N–H and O–H groups in total. The van der Waals surface area contributed by atoms with Crippen molar-refractivity contribution in [3.63, 3.8) is 0 Å². The molecule has 1 rings (SSSR count). The lowest BCUT2D eigenvalue weighted by Crippen LogP contribution is -2.07. The van der Waals surface area contributed by atoms with Crippen LogP contribution in [0, 0.1) is 0 Å². The van der Waals surface area contributed by atoms with Crippen molar-refractivity contribution >= 4 is 5.97 Å². The molecule has 0 spiro atoms. The van der Waals surface area contributed by atoms with Gasteiger partial charge >= 0.3 is 5.97 Å². The van der Waals surface area contributed by atoms with Crippen molar-refractivity contribution < 1.29 is 24.1 Å². The zero-order chi connectivity index (χ0) is 15.0. The van der Waals surface area contributed by atoms with Crippen LogP contribution in [0.25, 0.3) is 0 Å². The lowest BCUT2D eigenvalue weighted by molar-refractivity contribution is 0.0497. The fraction of sp³-hybridized carbons (Fsp3) is 0.533. The lowest BCUT2D eigenvalue weighted by atomic mass is 10.2. The largest absolute Gasteiger partial charge is 0.502 e. The Morgan fingerprint density at radius 1 is 1.10 bits per heavy atom. The Bertz CT molecular complexity index is 417. The van der Waals surface area contributed by atoms with Gasteiger partial charge in [-0.2, -0.15) is 0 Å². The number of methoxy groups -OCH3 is 2. The van der Waals surface area contributed by atoms with Crippen LogP contribution in [0.15, 0.2) is 12.1 Å². The van der Waals surface area contributed by atoms with Crippen molar-refractivity contribution in [2.45, 2.75) is 32.6 Å². The highest BCUT2D eigenvalue weighted by Crippen LogP contribution is 2.37. The first kappa shape index (κ1) is 16.1. The number of phenols is 1. The summed E-state index contributed by atoms with van der Waals surface area (Å²) >= 11 is 0. The summed E-state index contributed by atoms with van der Waals surface area (Å²) in [5, 5.41) is 9.77. The van der Waals surface area contributed by atoms with Crippen molar-refractivity contribution in [2.24, 2.45) is 0 Å². The summed E-state index contributed by atoms with van der Waals surface area (Å²) < 4.78 is 15.2. The molecule has 5 nitrogen and oxygen atoms in total. The number of hydrogen-bond donors (Lipinski definition) is 1. The molecule has 5 heteroatoms. The Labute approximate surface area is 119 Å². The van der Waals surface area contributed by atoms with Crippen LogP contribution in [0.1, 0.15) is 43.0 Å². The molecule has 0 aliphatic carbocycles. The maximum atomic E-state index is 11.9. The molecule has 1 aromatic carbocycles. The van der Waals surface area contributed by atoms with Gasteiger partial charge in [-0.05, 0) is 18.6 Å². The molecule has 20 heavy (non-hydrogen) atoms. The number of hydrogen-bond acceptors (Lipinski definition) is 5. The van der Waals surface area contributed by atoms with Crippen LogP contribution in [-0.4, -0.2) is 31.9 Å².